The van der Waals surface area contributed by atoms with Crippen LogP contribution in [-0.4, -0.2) is 0 Å². The number of benzene rings is 4. The number of anilines is 1. The van der Waals surface area contributed by atoms with Crippen LogP contribution >= 0.6 is 0 Å². The summed E-state index contributed by atoms with van der Waals surface area (Å²) in [5.74, 6) is 0. The van der Waals surface area contributed by atoms with Crippen LogP contribution < -0.4 is 5.73 Å². The Morgan fingerprint density at radius 1 is 0.478 bits per heavy atom. The molecule has 0 fully saturated rings. The van der Waals surface area contributed by atoms with Gasteiger partial charge in [0.15, 0.2) is 0 Å². The second-order valence-corrected chi connectivity index (χ2v) is 5.73. The van der Waals surface area contributed by atoms with Gasteiger partial charge in [-0.25, -0.2) is 0 Å². The topological polar surface area (TPSA) is 26.0 Å². The Morgan fingerprint density at radius 3 is 1.96 bits per heavy atom. The number of hydrogen-bond acceptors (Lipinski definition) is 1. The van der Waals surface area contributed by atoms with Gasteiger partial charge >= 0.3 is 0 Å². The predicted molar refractivity (Wildman–Crippen MR) is 99.2 cm³/mol. The van der Waals surface area contributed by atoms with Gasteiger partial charge in [-0.15, -0.1) is 0 Å². The number of rotatable bonds is 2. The molecule has 1 heteroatoms. The molecular formula is C22H17N. The molecule has 4 aromatic rings. The van der Waals surface area contributed by atoms with Crippen LogP contribution in [0.2, 0.25) is 0 Å². The highest BCUT2D eigenvalue weighted by molar-refractivity contribution is 5.89. The third-order valence-electron chi connectivity index (χ3n) is 4.22. The number of hydrogen-bond donors (Lipinski definition) is 1. The van der Waals surface area contributed by atoms with Crippen LogP contribution in [-0.2, 0) is 0 Å². The van der Waals surface area contributed by atoms with E-state index in [1.807, 2.05) is 24.3 Å². The zero-order valence-corrected chi connectivity index (χ0v) is 12.7. The van der Waals surface area contributed by atoms with Gasteiger partial charge in [0.25, 0.3) is 0 Å². The molecule has 0 heterocycles. The molecule has 0 saturated heterocycles. The number of fused-ring (bicyclic) bond motifs is 1. The van der Waals surface area contributed by atoms with E-state index in [1.165, 1.54) is 21.9 Å². The summed E-state index contributed by atoms with van der Waals surface area (Å²) in [6.07, 6.45) is 0. The fraction of sp³-hybridized carbons (Fsp3) is 0. The molecule has 0 bridgehead atoms. The van der Waals surface area contributed by atoms with E-state index in [2.05, 4.69) is 66.7 Å². The molecule has 2 N–H and O–H groups in total. The fourth-order valence-electron chi connectivity index (χ4n) is 2.97. The van der Waals surface area contributed by atoms with Gasteiger partial charge in [-0.3, -0.25) is 0 Å². The average Bonchev–Trinajstić information content (AvgIpc) is 2.62. The Hall–Kier alpha value is -3.06. The quantitative estimate of drug-likeness (QED) is 0.468. The standard InChI is InChI=1S/C22H17N/c23-22-13-12-20(15-21(22)17-7-2-1-3-8-17)19-11-10-16-6-4-5-9-18(16)14-19/h1-15H,23H2. The van der Waals surface area contributed by atoms with Crippen LogP contribution in [0, 0.1) is 0 Å². The van der Waals surface area contributed by atoms with Crippen molar-refractivity contribution in [1.82, 2.24) is 0 Å². The smallest absolute Gasteiger partial charge is 0.0394 e. The molecule has 0 saturated carbocycles. The molecule has 23 heavy (non-hydrogen) atoms. The van der Waals surface area contributed by atoms with Crippen molar-refractivity contribution in [2.75, 3.05) is 5.73 Å². The first-order valence-corrected chi connectivity index (χ1v) is 7.75. The predicted octanol–water partition coefficient (Wildman–Crippen LogP) is 5.76. The molecule has 0 aliphatic heterocycles. The third-order valence-corrected chi connectivity index (χ3v) is 4.22. The molecule has 0 unspecified atom stereocenters. The third kappa shape index (κ3) is 2.58. The van der Waals surface area contributed by atoms with E-state index in [4.69, 9.17) is 5.73 Å². The molecule has 0 radical (unpaired) electrons. The van der Waals surface area contributed by atoms with Crippen molar-refractivity contribution >= 4 is 16.5 Å². The summed E-state index contributed by atoms with van der Waals surface area (Å²) in [6, 6.07) is 31.5. The highest BCUT2D eigenvalue weighted by Crippen LogP contribution is 2.32. The monoisotopic (exact) mass is 295 g/mol. The lowest BCUT2D eigenvalue weighted by molar-refractivity contribution is 1.59. The van der Waals surface area contributed by atoms with E-state index in [0.29, 0.717) is 0 Å². The molecule has 0 atom stereocenters. The van der Waals surface area contributed by atoms with Crippen molar-refractivity contribution in [2.24, 2.45) is 0 Å². The first-order chi connectivity index (χ1) is 11.3. The molecule has 0 aliphatic rings. The fourth-order valence-corrected chi connectivity index (χ4v) is 2.97. The Balaban J connectivity index is 1.85. The zero-order chi connectivity index (χ0) is 15.6. The maximum atomic E-state index is 6.19. The molecule has 4 aromatic carbocycles. The molecule has 0 aliphatic carbocycles. The minimum absolute atomic E-state index is 0.806. The number of nitrogens with two attached hydrogens (primary N) is 1. The summed E-state index contributed by atoms with van der Waals surface area (Å²) in [7, 11) is 0. The van der Waals surface area contributed by atoms with Gasteiger partial charge in [0, 0.05) is 11.3 Å². The largest absolute Gasteiger partial charge is 0.398 e. The average molecular weight is 295 g/mol. The maximum Gasteiger partial charge on any atom is 0.0394 e. The summed E-state index contributed by atoms with van der Waals surface area (Å²) >= 11 is 0. The summed E-state index contributed by atoms with van der Waals surface area (Å²) < 4.78 is 0. The van der Waals surface area contributed by atoms with Crippen molar-refractivity contribution in [3.63, 3.8) is 0 Å². The second kappa shape index (κ2) is 5.62. The van der Waals surface area contributed by atoms with Gasteiger partial charge in [0.1, 0.15) is 0 Å². The lowest BCUT2D eigenvalue weighted by Crippen LogP contribution is -1.91. The van der Waals surface area contributed by atoms with E-state index >= 15 is 0 Å². The maximum absolute atomic E-state index is 6.19. The Morgan fingerprint density at radius 2 is 1.13 bits per heavy atom. The summed E-state index contributed by atoms with van der Waals surface area (Å²) in [4.78, 5) is 0. The highest BCUT2D eigenvalue weighted by atomic mass is 14.6. The van der Waals surface area contributed by atoms with Gasteiger partial charge in [-0.1, -0.05) is 72.8 Å². The van der Waals surface area contributed by atoms with E-state index in [0.717, 1.165) is 16.8 Å². The number of nitrogen functional groups attached to an aromatic ring is 1. The van der Waals surface area contributed by atoms with E-state index in [9.17, 15) is 0 Å². The molecule has 0 amide bonds. The zero-order valence-electron chi connectivity index (χ0n) is 12.7. The summed E-state index contributed by atoms with van der Waals surface area (Å²) in [6.45, 7) is 0. The molecule has 0 spiro atoms. The molecule has 0 aromatic heterocycles. The lowest BCUT2D eigenvalue weighted by Gasteiger charge is -2.10. The Bertz CT molecular complexity index is 971. The van der Waals surface area contributed by atoms with Gasteiger partial charge in [-0.2, -0.15) is 0 Å². The van der Waals surface area contributed by atoms with Crippen LogP contribution in [0.1, 0.15) is 0 Å². The van der Waals surface area contributed by atoms with E-state index < -0.39 is 0 Å². The van der Waals surface area contributed by atoms with Crippen molar-refractivity contribution in [3.05, 3.63) is 91.0 Å². The summed E-state index contributed by atoms with van der Waals surface area (Å²) in [5, 5.41) is 2.51. The van der Waals surface area contributed by atoms with Gasteiger partial charge in [-0.05, 0) is 45.7 Å². The molecule has 110 valence electrons. The van der Waals surface area contributed by atoms with Crippen LogP contribution in [0.15, 0.2) is 91.0 Å². The normalized spacial score (nSPS) is 10.8. The Labute approximate surface area is 136 Å². The van der Waals surface area contributed by atoms with Crippen molar-refractivity contribution in [3.8, 4) is 22.3 Å². The van der Waals surface area contributed by atoms with Crippen molar-refractivity contribution in [2.45, 2.75) is 0 Å². The highest BCUT2D eigenvalue weighted by Gasteiger charge is 2.06. The Kier molecular flexibility index (Phi) is 3.32. The van der Waals surface area contributed by atoms with Crippen LogP contribution in [0.25, 0.3) is 33.0 Å². The first kappa shape index (κ1) is 13.6. The van der Waals surface area contributed by atoms with Crippen LogP contribution in [0.4, 0.5) is 5.69 Å². The first-order valence-electron chi connectivity index (χ1n) is 7.75. The van der Waals surface area contributed by atoms with Gasteiger partial charge in [0.2, 0.25) is 0 Å². The lowest BCUT2D eigenvalue weighted by atomic mass is 9.96. The minimum Gasteiger partial charge on any atom is -0.398 e. The SMILES string of the molecule is Nc1ccc(-c2ccc3ccccc3c2)cc1-c1ccccc1. The summed E-state index contributed by atoms with van der Waals surface area (Å²) in [5.41, 5.74) is 11.6. The molecular weight excluding hydrogens is 278 g/mol. The van der Waals surface area contributed by atoms with Gasteiger partial charge in [0.05, 0.1) is 0 Å². The minimum atomic E-state index is 0.806. The van der Waals surface area contributed by atoms with Crippen LogP contribution in [0.5, 0.6) is 0 Å². The van der Waals surface area contributed by atoms with E-state index in [-0.39, 0.29) is 0 Å². The van der Waals surface area contributed by atoms with Crippen molar-refractivity contribution in [1.29, 1.82) is 0 Å². The second-order valence-electron chi connectivity index (χ2n) is 5.73. The molecule has 4 rings (SSSR count). The van der Waals surface area contributed by atoms with Crippen LogP contribution in [0.3, 0.4) is 0 Å². The van der Waals surface area contributed by atoms with E-state index in [1.54, 1.807) is 0 Å². The van der Waals surface area contributed by atoms with Gasteiger partial charge < -0.3 is 5.73 Å². The molecule has 1 nitrogen and oxygen atoms in total. The van der Waals surface area contributed by atoms with Crippen molar-refractivity contribution < 1.29 is 0 Å².